The van der Waals surface area contributed by atoms with Crippen molar-refractivity contribution in [3.05, 3.63) is 34.9 Å². The number of rotatable bonds is 5. The predicted molar refractivity (Wildman–Crippen MR) is 68.7 cm³/mol. The number of Topliss-reactive ketones (excluding diaryl/α,β-unsaturated/α-hetero) is 1. The summed E-state index contributed by atoms with van der Waals surface area (Å²) in [6.45, 7) is 4.02. The molecule has 0 fully saturated rings. The number of unbranched alkanes of at least 4 members (excludes halogenated alkanes) is 1. The van der Waals surface area contributed by atoms with E-state index in [0.717, 1.165) is 35.7 Å². The van der Waals surface area contributed by atoms with Crippen molar-refractivity contribution < 1.29 is 4.79 Å². The summed E-state index contributed by atoms with van der Waals surface area (Å²) in [5.41, 5.74) is 3.14. The highest BCUT2D eigenvalue weighted by atomic mass is 31.0. The van der Waals surface area contributed by atoms with Gasteiger partial charge in [-0.1, -0.05) is 18.2 Å². The molecule has 0 aromatic heterocycles. The van der Waals surface area contributed by atoms with Gasteiger partial charge < -0.3 is 0 Å². The van der Waals surface area contributed by atoms with Crippen LogP contribution in [0.5, 0.6) is 0 Å². The highest BCUT2D eigenvalue weighted by Crippen LogP contribution is 2.16. The quantitative estimate of drug-likeness (QED) is 0.423. The summed E-state index contributed by atoms with van der Waals surface area (Å²) in [7, 11) is 2.70. The van der Waals surface area contributed by atoms with E-state index in [0.29, 0.717) is 12.2 Å². The minimum atomic E-state index is 0.295. The lowest BCUT2D eigenvalue weighted by Gasteiger charge is -2.07. The summed E-state index contributed by atoms with van der Waals surface area (Å²) in [5, 5.41) is 0. The smallest absolute Gasteiger partial charge is 0.163 e. The Kier molecular flexibility index (Phi) is 4.98. The number of carbonyl (C=O) groups excluding carboxylic acids is 1. The zero-order chi connectivity index (χ0) is 11.3. The fraction of sp³-hybridized carbons (Fsp3) is 0.462. The van der Waals surface area contributed by atoms with Crippen LogP contribution >= 0.6 is 9.24 Å². The Hall–Kier alpha value is -0.680. The minimum Gasteiger partial charge on any atom is -0.294 e. The molecule has 2 heteroatoms. The summed E-state index contributed by atoms with van der Waals surface area (Å²) in [4.78, 5) is 12.0. The maximum atomic E-state index is 12.0. The first kappa shape index (κ1) is 12.4. The van der Waals surface area contributed by atoms with Crippen LogP contribution < -0.4 is 0 Å². The Morgan fingerprint density at radius 1 is 1.20 bits per heavy atom. The number of hydrogen-bond donors (Lipinski definition) is 0. The van der Waals surface area contributed by atoms with Crippen molar-refractivity contribution in [1.29, 1.82) is 0 Å². The third kappa shape index (κ3) is 3.43. The fourth-order valence-corrected chi connectivity index (χ4v) is 2.10. The standard InChI is InChI=1S/C13H19OP/c1-10-6-5-7-11(2)13(10)12(14)8-3-4-9-15/h5-7H,3-4,8-9,15H2,1-2H3. The van der Waals surface area contributed by atoms with E-state index in [2.05, 4.69) is 9.24 Å². The number of ketones is 1. The van der Waals surface area contributed by atoms with Gasteiger partial charge in [-0.2, -0.15) is 0 Å². The molecule has 1 aromatic carbocycles. The maximum absolute atomic E-state index is 12.0. The van der Waals surface area contributed by atoms with Gasteiger partial charge in [-0.3, -0.25) is 4.79 Å². The Balaban J connectivity index is 2.73. The molecule has 1 unspecified atom stereocenters. The summed E-state index contributed by atoms with van der Waals surface area (Å²) in [6, 6.07) is 6.02. The van der Waals surface area contributed by atoms with Crippen LogP contribution in [0.15, 0.2) is 18.2 Å². The van der Waals surface area contributed by atoms with Crippen molar-refractivity contribution in [3.8, 4) is 0 Å². The van der Waals surface area contributed by atoms with Gasteiger partial charge in [0.25, 0.3) is 0 Å². The highest BCUT2D eigenvalue weighted by molar-refractivity contribution is 7.16. The molecule has 15 heavy (non-hydrogen) atoms. The van der Waals surface area contributed by atoms with Crippen LogP contribution in [-0.4, -0.2) is 11.9 Å². The van der Waals surface area contributed by atoms with Gasteiger partial charge >= 0.3 is 0 Å². The average molecular weight is 222 g/mol. The van der Waals surface area contributed by atoms with Crippen molar-refractivity contribution in [1.82, 2.24) is 0 Å². The third-order valence-electron chi connectivity index (χ3n) is 2.62. The lowest BCUT2D eigenvalue weighted by Crippen LogP contribution is -2.04. The molecule has 0 saturated carbocycles. The molecule has 82 valence electrons. The molecule has 1 atom stereocenters. The van der Waals surface area contributed by atoms with E-state index in [1.807, 2.05) is 32.0 Å². The van der Waals surface area contributed by atoms with Crippen LogP contribution in [0.3, 0.4) is 0 Å². The van der Waals surface area contributed by atoms with Gasteiger partial charge in [-0.25, -0.2) is 0 Å². The van der Waals surface area contributed by atoms with E-state index >= 15 is 0 Å². The molecule has 0 aliphatic rings. The monoisotopic (exact) mass is 222 g/mol. The second kappa shape index (κ2) is 6.02. The highest BCUT2D eigenvalue weighted by Gasteiger charge is 2.10. The number of benzene rings is 1. The van der Waals surface area contributed by atoms with Gasteiger partial charge in [0.15, 0.2) is 5.78 Å². The minimum absolute atomic E-state index is 0.295. The molecule has 0 aliphatic carbocycles. The van der Waals surface area contributed by atoms with Crippen LogP contribution in [0.25, 0.3) is 0 Å². The van der Waals surface area contributed by atoms with Crippen LogP contribution in [-0.2, 0) is 0 Å². The number of hydrogen-bond acceptors (Lipinski definition) is 1. The van der Waals surface area contributed by atoms with E-state index in [4.69, 9.17) is 0 Å². The Labute approximate surface area is 94.5 Å². The average Bonchev–Trinajstić information content (AvgIpc) is 2.18. The molecule has 0 heterocycles. The summed E-state index contributed by atoms with van der Waals surface area (Å²) in [6.07, 6.45) is 3.87. The zero-order valence-corrected chi connectivity index (χ0v) is 10.7. The largest absolute Gasteiger partial charge is 0.294 e. The summed E-state index contributed by atoms with van der Waals surface area (Å²) < 4.78 is 0. The number of aryl methyl sites for hydroxylation is 2. The van der Waals surface area contributed by atoms with Crippen molar-refractivity contribution in [3.63, 3.8) is 0 Å². The molecular weight excluding hydrogens is 203 g/mol. The van der Waals surface area contributed by atoms with E-state index in [-0.39, 0.29) is 0 Å². The van der Waals surface area contributed by atoms with E-state index in [9.17, 15) is 4.79 Å². The second-order valence-electron chi connectivity index (χ2n) is 3.94. The van der Waals surface area contributed by atoms with Crippen LogP contribution in [0.4, 0.5) is 0 Å². The van der Waals surface area contributed by atoms with Crippen LogP contribution in [0, 0.1) is 13.8 Å². The predicted octanol–water partition coefficient (Wildman–Crippen LogP) is 3.53. The van der Waals surface area contributed by atoms with Gasteiger partial charge in [0.1, 0.15) is 0 Å². The Morgan fingerprint density at radius 3 is 2.33 bits per heavy atom. The van der Waals surface area contributed by atoms with Crippen molar-refractivity contribution in [2.24, 2.45) is 0 Å². The first-order valence-electron chi connectivity index (χ1n) is 5.46. The molecule has 1 nitrogen and oxygen atoms in total. The van der Waals surface area contributed by atoms with E-state index in [1.165, 1.54) is 0 Å². The molecule has 0 saturated heterocycles. The molecule has 0 aliphatic heterocycles. The SMILES string of the molecule is Cc1cccc(C)c1C(=O)CCCCP. The molecule has 0 bridgehead atoms. The topological polar surface area (TPSA) is 17.1 Å². The van der Waals surface area contributed by atoms with Gasteiger partial charge in [0.05, 0.1) is 0 Å². The molecular formula is C13H19OP. The lowest BCUT2D eigenvalue weighted by molar-refractivity contribution is 0.0978. The molecule has 0 N–H and O–H groups in total. The first-order valence-corrected chi connectivity index (χ1v) is 6.28. The van der Waals surface area contributed by atoms with Gasteiger partial charge in [-0.05, 0) is 44.0 Å². The van der Waals surface area contributed by atoms with E-state index in [1.54, 1.807) is 0 Å². The van der Waals surface area contributed by atoms with E-state index < -0.39 is 0 Å². The third-order valence-corrected chi connectivity index (χ3v) is 3.03. The van der Waals surface area contributed by atoms with Gasteiger partial charge in [0.2, 0.25) is 0 Å². The molecule has 0 spiro atoms. The van der Waals surface area contributed by atoms with Crippen LogP contribution in [0.1, 0.15) is 40.7 Å². The fourth-order valence-electron chi connectivity index (χ4n) is 1.81. The Bertz CT molecular complexity index is 324. The zero-order valence-electron chi connectivity index (χ0n) is 9.55. The number of carbonyl (C=O) groups is 1. The van der Waals surface area contributed by atoms with Crippen molar-refractivity contribution in [2.75, 3.05) is 6.16 Å². The molecule has 1 rings (SSSR count). The summed E-state index contributed by atoms with van der Waals surface area (Å²) in [5.74, 6) is 0.295. The summed E-state index contributed by atoms with van der Waals surface area (Å²) >= 11 is 0. The Morgan fingerprint density at radius 2 is 1.80 bits per heavy atom. The van der Waals surface area contributed by atoms with Crippen LogP contribution in [0.2, 0.25) is 0 Å². The lowest BCUT2D eigenvalue weighted by atomic mass is 9.96. The maximum Gasteiger partial charge on any atom is 0.163 e. The van der Waals surface area contributed by atoms with Gasteiger partial charge in [-0.15, -0.1) is 9.24 Å². The van der Waals surface area contributed by atoms with Crippen molar-refractivity contribution >= 4 is 15.0 Å². The first-order chi connectivity index (χ1) is 7.16. The second-order valence-corrected chi connectivity index (χ2v) is 4.51. The van der Waals surface area contributed by atoms with Gasteiger partial charge in [0, 0.05) is 12.0 Å². The normalized spacial score (nSPS) is 10.3. The molecule has 1 aromatic rings. The molecule has 0 radical (unpaired) electrons. The molecule has 0 amide bonds. The van der Waals surface area contributed by atoms with Crippen molar-refractivity contribution in [2.45, 2.75) is 33.1 Å².